The molecule has 1 fully saturated rings. The van der Waals surface area contributed by atoms with Crippen LogP contribution < -0.4 is 10.1 Å². The van der Waals surface area contributed by atoms with Gasteiger partial charge in [-0.05, 0) is 53.6 Å². The maximum atomic E-state index is 12.8. The molecule has 32 heavy (non-hydrogen) atoms. The smallest absolute Gasteiger partial charge is 0.227 e. The molecule has 0 aliphatic carbocycles. The van der Waals surface area contributed by atoms with E-state index in [0.29, 0.717) is 6.54 Å². The van der Waals surface area contributed by atoms with Gasteiger partial charge in [-0.1, -0.05) is 48.5 Å². The Kier molecular flexibility index (Phi) is 7.08. The van der Waals surface area contributed by atoms with Gasteiger partial charge in [-0.15, -0.1) is 0 Å². The first-order valence-corrected chi connectivity index (χ1v) is 11.4. The number of benzene rings is 3. The lowest BCUT2D eigenvalue weighted by atomic mass is 9.97. The Morgan fingerprint density at radius 3 is 2.47 bits per heavy atom. The van der Waals surface area contributed by atoms with Gasteiger partial charge in [0.1, 0.15) is 5.75 Å². The van der Waals surface area contributed by atoms with Crippen molar-refractivity contribution in [2.45, 2.75) is 25.9 Å². The van der Waals surface area contributed by atoms with Crippen LogP contribution in [0.25, 0.3) is 10.8 Å². The van der Waals surface area contributed by atoms with Crippen molar-refractivity contribution in [2.24, 2.45) is 0 Å². The Morgan fingerprint density at radius 2 is 1.69 bits per heavy atom. The van der Waals surface area contributed by atoms with Gasteiger partial charge in [0.05, 0.1) is 13.0 Å². The van der Waals surface area contributed by atoms with Crippen molar-refractivity contribution in [3.8, 4) is 5.75 Å². The zero-order chi connectivity index (χ0) is 22.5. The van der Waals surface area contributed by atoms with Crippen LogP contribution in [0.15, 0.2) is 60.7 Å². The van der Waals surface area contributed by atoms with E-state index in [4.69, 9.17) is 4.74 Å². The summed E-state index contributed by atoms with van der Waals surface area (Å²) in [6.45, 7) is 7.93. The molecule has 4 rings (SSSR count). The highest BCUT2D eigenvalue weighted by Gasteiger charge is 2.16. The maximum absolute atomic E-state index is 12.8. The second-order valence-corrected chi connectivity index (χ2v) is 8.81. The molecule has 1 saturated heterocycles. The predicted molar refractivity (Wildman–Crippen MR) is 130 cm³/mol. The van der Waals surface area contributed by atoms with Crippen molar-refractivity contribution in [1.82, 2.24) is 15.1 Å². The molecular weight excluding hydrogens is 398 g/mol. The van der Waals surface area contributed by atoms with Gasteiger partial charge in [0.15, 0.2) is 0 Å². The maximum Gasteiger partial charge on any atom is 0.227 e. The number of nitrogens with one attached hydrogen (secondary N) is 1. The summed E-state index contributed by atoms with van der Waals surface area (Å²) in [6.07, 6.45) is 0. The van der Waals surface area contributed by atoms with E-state index in [1.807, 2.05) is 31.2 Å². The lowest BCUT2D eigenvalue weighted by Crippen LogP contribution is -2.43. The fraction of sp³-hybridized carbons (Fsp3) is 0.370. The molecule has 1 aliphatic heterocycles. The van der Waals surface area contributed by atoms with Gasteiger partial charge in [-0.25, -0.2) is 0 Å². The van der Waals surface area contributed by atoms with Gasteiger partial charge in [-0.2, -0.15) is 0 Å². The Balaban J connectivity index is 1.35. The van der Waals surface area contributed by atoms with Crippen molar-refractivity contribution >= 4 is 16.7 Å². The molecule has 0 aromatic heterocycles. The minimum Gasteiger partial charge on any atom is -0.497 e. The third kappa shape index (κ3) is 5.47. The minimum atomic E-state index is -0.213. The zero-order valence-electron chi connectivity index (χ0n) is 19.3. The van der Waals surface area contributed by atoms with E-state index >= 15 is 0 Å². The fourth-order valence-corrected chi connectivity index (χ4v) is 4.23. The highest BCUT2D eigenvalue weighted by Crippen LogP contribution is 2.25. The predicted octanol–water partition coefficient (Wildman–Crippen LogP) is 4.02. The first kappa shape index (κ1) is 22.3. The lowest BCUT2D eigenvalue weighted by molar-refractivity contribution is -0.122. The number of carbonyl (C=O) groups is 1. The van der Waals surface area contributed by atoms with Crippen LogP contribution in [0, 0.1) is 0 Å². The molecule has 0 spiro atoms. The number of nitrogens with zero attached hydrogens (tertiary/aromatic N) is 2. The third-order valence-electron chi connectivity index (χ3n) is 6.42. The zero-order valence-corrected chi connectivity index (χ0v) is 19.3. The number of methoxy groups -OCH3 is 1. The van der Waals surface area contributed by atoms with Gasteiger partial charge in [0.25, 0.3) is 0 Å². The van der Waals surface area contributed by atoms with Crippen molar-refractivity contribution < 1.29 is 9.53 Å². The number of likely N-dealkylation sites (N-methyl/N-ethyl adjacent to an activating group) is 1. The molecule has 5 nitrogen and oxygen atoms in total. The average Bonchev–Trinajstić information content (AvgIpc) is 2.83. The summed E-state index contributed by atoms with van der Waals surface area (Å²) in [5, 5.41) is 5.34. The lowest BCUT2D eigenvalue weighted by Gasteiger charge is -2.32. The Hall–Kier alpha value is -2.89. The Bertz CT molecular complexity index is 1070. The van der Waals surface area contributed by atoms with Gasteiger partial charge >= 0.3 is 0 Å². The molecule has 1 atom stereocenters. The van der Waals surface area contributed by atoms with E-state index in [9.17, 15) is 4.79 Å². The van der Waals surface area contributed by atoms with E-state index in [0.717, 1.165) is 60.4 Å². The summed E-state index contributed by atoms with van der Waals surface area (Å²) in [5.41, 5.74) is 3.46. The second-order valence-electron chi connectivity index (χ2n) is 8.81. The summed E-state index contributed by atoms with van der Waals surface area (Å²) >= 11 is 0. The molecule has 1 aliphatic rings. The van der Waals surface area contributed by atoms with Gasteiger partial charge in [0, 0.05) is 39.3 Å². The largest absolute Gasteiger partial charge is 0.497 e. The van der Waals surface area contributed by atoms with E-state index in [2.05, 4.69) is 58.6 Å². The van der Waals surface area contributed by atoms with Crippen LogP contribution in [0.4, 0.5) is 0 Å². The molecule has 0 bridgehead atoms. The van der Waals surface area contributed by atoms with Gasteiger partial charge in [0.2, 0.25) is 5.91 Å². The monoisotopic (exact) mass is 431 g/mol. The van der Waals surface area contributed by atoms with E-state index < -0.39 is 0 Å². The second kappa shape index (κ2) is 10.2. The molecule has 0 unspecified atom stereocenters. The number of amides is 1. The van der Waals surface area contributed by atoms with Crippen LogP contribution in [-0.4, -0.2) is 56.0 Å². The number of ether oxygens (including phenoxy) is 1. The van der Waals surface area contributed by atoms with Crippen LogP contribution in [0.1, 0.15) is 29.5 Å². The molecule has 5 heteroatoms. The van der Waals surface area contributed by atoms with Crippen LogP contribution in [-0.2, 0) is 17.9 Å². The summed E-state index contributed by atoms with van der Waals surface area (Å²) < 4.78 is 5.30. The molecule has 1 amide bonds. The fourth-order valence-electron chi connectivity index (χ4n) is 4.23. The highest BCUT2D eigenvalue weighted by atomic mass is 16.5. The summed E-state index contributed by atoms with van der Waals surface area (Å²) in [7, 11) is 3.85. The number of rotatable bonds is 7. The summed E-state index contributed by atoms with van der Waals surface area (Å²) in [5.74, 6) is 0.670. The van der Waals surface area contributed by atoms with E-state index in [-0.39, 0.29) is 11.8 Å². The third-order valence-corrected chi connectivity index (χ3v) is 6.42. The SMILES string of the molecule is COc1ccc2cc([C@H](C)C(=O)NCc3cccc(CN4CCN(C)CC4)c3)ccc2c1. The summed E-state index contributed by atoms with van der Waals surface area (Å²) in [4.78, 5) is 17.7. The van der Waals surface area contributed by atoms with Crippen molar-refractivity contribution in [3.63, 3.8) is 0 Å². The van der Waals surface area contributed by atoms with Crippen LogP contribution in [0.5, 0.6) is 5.75 Å². The number of hydrogen-bond donors (Lipinski definition) is 1. The topological polar surface area (TPSA) is 44.8 Å². The van der Waals surface area contributed by atoms with Crippen LogP contribution in [0.3, 0.4) is 0 Å². The normalized spacial score (nSPS) is 16.1. The minimum absolute atomic E-state index is 0.0438. The number of hydrogen-bond acceptors (Lipinski definition) is 4. The number of fused-ring (bicyclic) bond motifs is 1. The van der Waals surface area contributed by atoms with Crippen LogP contribution in [0.2, 0.25) is 0 Å². The molecule has 3 aromatic carbocycles. The molecule has 1 heterocycles. The first-order chi connectivity index (χ1) is 15.5. The average molecular weight is 432 g/mol. The quantitative estimate of drug-likeness (QED) is 0.614. The highest BCUT2D eigenvalue weighted by molar-refractivity contribution is 5.88. The van der Waals surface area contributed by atoms with Crippen molar-refractivity contribution in [2.75, 3.05) is 40.3 Å². The van der Waals surface area contributed by atoms with Gasteiger partial charge < -0.3 is 15.0 Å². The molecule has 1 N–H and O–H groups in total. The molecule has 168 valence electrons. The molecule has 0 radical (unpaired) electrons. The van der Waals surface area contributed by atoms with E-state index in [1.165, 1.54) is 5.56 Å². The first-order valence-electron chi connectivity index (χ1n) is 11.4. The Labute approximate surface area is 191 Å². The van der Waals surface area contributed by atoms with Crippen molar-refractivity contribution in [3.05, 3.63) is 77.4 Å². The molecular formula is C27H33N3O2. The summed E-state index contributed by atoms with van der Waals surface area (Å²) in [6, 6.07) is 20.7. The van der Waals surface area contributed by atoms with Crippen molar-refractivity contribution in [1.29, 1.82) is 0 Å². The number of piperazine rings is 1. The van der Waals surface area contributed by atoms with Gasteiger partial charge in [-0.3, -0.25) is 9.69 Å². The standard InChI is InChI=1S/C27H33N3O2/c1-20(23-7-8-25-17-26(32-3)10-9-24(25)16-23)27(31)28-18-21-5-4-6-22(15-21)19-30-13-11-29(2)12-14-30/h4-10,15-17,20H,11-14,18-19H2,1-3H3,(H,28,31)/t20-/m0/s1. The molecule has 0 saturated carbocycles. The number of carbonyl (C=O) groups excluding carboxylic acids is 1. The van der Waals surface area contributed by atoms with E-state index in [1.54, 1.807) is 7.11 Å². The molecule has 3 aromatic rings. The Morgan fingerprint density at radius 1 is 0.969 bits per heavy atom. The van der Waals surface area contributed by atoms with Crippen LogP contribution >= 0.6 is 0 Å².